The number of nitrogens with zero attached hydrogens (tertiary/aromatic N) is 4. The maximum atomic E-state index is 9.45. The summed E-state index contributed by atoms with van der Waals surface area (Å²) in [7, 11) is 0. The van der Waals surface area contributed by atoms with Crippen LogP contribution in [0.25, 0.3) is 5.65 Å². The van der Waals surface area contributed by atoms with Crippen molar-refractivity contribution in [3.8, 4) is 0 Å². The number of aliphatic hydroxyl groups is 1. The molecule has 6 heteroatoms. The van der Waals surface area contributed by atoms with Crippen molar-refractivity contribution in [1.29, 1.82) is 0 Å². The predicted molar refractivity (Wildman–Crippen MR) is 44.8 cm³/mol. The minimum absolute atomic E-state index is 0.128. The summed E-state index contributed by atoms with van der Waals surface area (Å²) in [6, 6.07) is 0. The molecule has 0 saturated carbocycles. The van der Waals surface area contributed by atoms with Crippen molar-refractivity contribution in [3.05, 3.63) is 24.4 Å². The standard InChI is InChI=1S/C7H9N5O/c8-3-5(13)7-11-10-6-4-9-1-2-12(6)7/h1-2,4-5,13H,3,8H2. The Kier molecular flexibility index (Phi) is 1.91. The molecule has 0 saturated heterocycles. The van der Waals surface area contributed by atoms with E-state index in [1.54, 1.807) is 23.0 Å². The van der Waals surface area contributed by atoms with Crippen molar-refractivity contribution < 1.29 is 5.11 Å². The van der Waals surface area contributed by atoms with Crippen LogP contribution >= 0.6 is 0 Å². The minimum atomic E-state index is -0.780. The molecule has 0 amide bonds. The molecule has 1 unspecified atom stereocenters. The van der Waals surface area contributed by atoms with Crippen molar-refractivity contribution in [1.82, 2.24) is 19.6 Å². The Bertz CT molecular complexity index is 412. The van der Waals surface area contributed by atoms with Gasteiger partial charge in [0.25, 0.3) is 0 Å². The van der Waals surface area contributed by atoms with Crippen LogP contribution in [0.3, 0.4) is 0 Å². The molecule has 68 valence electrons. The first-order chi connectivity index (χ1) is 6.33. The number of aromatic nitrogens is 4. The van der Waals surface area contributed by atoms with Crippen molar-refractivity contribution in [2.75, 3.05) is 6.54 Å². The SMILES string of the molecule is NCC(O)c1nnc2cnccn12. The monoisotopic (exact) mass is 179 g/mol. The van der Waals surface area contributed by atoms with Gasteiger partial charge >= 0.3 is 0 Å². The fourth-order valence-electron chi connectivity index (χ4n) is 1.10. The lowest BCUT2D eigenvalue weighted by molar-refractivity contribution is 0.175. The molecule has 2 rings (SSSR count). The first-order valence-corrected chi connectivity index (χ1v) is 3.85. The van der Waals surface area contributed by atoms with Gasteiger partial charge in [-0.25, -0.2) is 0 Å². The molecule has 2 aromatic rings. The van der Waals surface area contributed by atoms with E-state index < -0.39 is 6.10 Å². The number of fused-ring (bicyclic) bond motifs is 1. The molecule has 0 aliphatic heterocycles. The summed E-state index contributed by atoms with van der Waals surface area (Å²) < 4.78 is 1.66. The van der Waals surface area contributed by atoms with E-state index in [1.807, 2.05) is 0 Å². The fraction of sp³-hybridized carbons (Fsp3) is 0.286. The summed E-state index contributed by atoms with van der Waals surface area (Å²) in [5.41, 5.74) is 5.91. The molecule has 2 aromatic heterocycles. The van der Waals surface area contributed by atoms with Gasteiger partial charge in [0, 0.05) is 18.9 Å². The molecule has 3 N–H and O–H groups in total. The Balaban J connectivity index is 2.57. The molecule has 2 heterocycles. The lowest BCUT2D eigenvalue weighted by atomic mass is 10.3. The van der Waals surface area contributed by atoms with Crippen molar-refractivity contribution in [2.24, 2.45) is 5.73 Å². The van der Waals surface area contributed by atoms with Crippen LogP contribution in [0.1, 0.15) is 11.9 Å². The zero-order valence-electron chi connectivity index (χ0n) is 6.83. The Morgan fingerprint density at radius 1 is 1.54 bits per heavy atom. The van der Waals surface area contributed by atoms with Crippen LogP contribution in [0, 0.1) is 0 Å². The van der Waals surface area contributed by atoms with Crippen molar-refractivity contribution in [2.45, 2.75) is 6.10 Å². The zero-order chi connectivity index (χ0) is 9.26. The van der Waals surface area contributed by atoms with E-state index in [2.05, 4.69) is 15.2 Å². The van der Waals surface area contributed by atoms with E-state index in [4.69, 9.17) is 5.73 Å². The Hall–Kier alpha value is -1.53. The van der Waals surface area contributed by atoms with E-state index in [-0.39, 0.29) is 6.54 Å². The topological polar surface area (TPSA) is 89.3 Å². The van der Waals surface area contributed by atoms with E-state index in [0.717, 1.165) is 0 Å². The summed E-state index contributed by atoms with van der Waals surface area (Å²) in [6.07, 6.45) is 4.07. The van der Waals surface area contributed by atoms with Gasteiger partial charge in [0.15, 0.2) is 11.5 Å². The molecule has 0 aliphatic carbocycles. The normalized spacial score (nSPS) is 13.4. The zero-order valence-corrected chi connectivity index (χ0v) is 6.83. The summed E-state index contributed by atoms with van der Waals surface area (Å²) in [5.74, 6) is 0.444. The Labute approximate surface area is 74.0 Å². The molecular formula is C7H9N5O. The van der Waals surface area contributed by atoms with Gasteiger partial charge in [0.05, 0.1) is 6.20 Å². The largest absolute Gasteiger partial charge is 0.384 e. The third-order valence-corrected chi connectivity index (χ3v) is 1.76. The molecule has 0 fully saturated rings. The molecule has 13 heavy (non-hydrogen) atoms. The van der Waals surface area contributed by atoms with Gasteiger partial charge < -0.3 is 10.8 Å². The average Bonchev–Trinajstić information content (AvgIpc) is 2.60. The molecular weight excluding hydrogens is 170 g/mol. The summed E-state index contributed by atoms with van der Waals surface area (Å²) in [4.78, 5) is 3.88. The number of aliphatic hydroxyl groups excluding tert-OH is 1. The summed E-state index contributed by atoms with van der Waals surface area (Å²) >= 11 is 0. The predicted octanol–water partition coefficient (Wildman–Crippen LogP) is -0.884. The molecule has 0 bridgehead atoms. The van der Waals surface area contributed by atoms with Gasteiger partial charge in [-0.1, -0.05) is 0 Å². The molecule has 0 aromatic carbocycles. The van der Waals surface area contributed by atoms with Gasteiger partial charge in [-0.15, -0.1) is 10.2 Å². The maximum Gasteiger partial charge on any atom is 0.179 e. The lowest BCUT2D eigenvalue weighted by Crippen LogP contribution is -2.14. The smallest absolute Gasteiger partial charge is 0.179 e. The lowest BCUT2D eigenvalue weighted by Gasteiger charge is -2.03. The number of hydrogen-bond acceptors (Lipinski definition) is 5. The van der Waals surface area contributed by atoms with E-state index in [1.165, 1.54) is 0 Å². The van der Waals surface area contributed by atoms with Crippen LogP contribution in [0.5, 0.6) is 0 Å². The second-order valence-electron chi connectivity index (χ2n) is 2.61. The number of hydrogen-bond donors (Lipinski definition) is 2. The highest BCUT2D eigenvalue weighted by Gasteiger charge is 2.12. The Morgan fingerprint density at radius 2 is 2.38 bits per heavy atom. The Morgan fingerprint density at radius 3 is 3.15 bits per heavy atom. The highest BCUT2D eigenvalue weighted by Crippen LogP contribution is 2.09. The summed E-state index contributed by atoms with van der Waals surface area (Å²) in [5, 5.41) is 17.1. The number of rotatable bonds is 2. The van der Waals surface area contributed by atoms with E-state index in [0.29, 0.717) is 11.5 Å². The van der Waals surface area contributed by atoms with Crippen LogP contribution in [0.15, 0.2) is 18.6 Å². The molecule has 0 spiro atoms. The third-order valence-electron chi connectivity index (χ3n) is 1.76. The maximum absolute atomic E-state index is 9.45. The van der Waals surface area contributed by atoms with E-state index >= 15 is 0 Å². The average molecular weight is 179 g/mol. The van der Waals surface area contributed by atoms with Crippen LogP contribution in [-0.4, -0.2) is 31.2 Å². The van der Waals surface area contributed by atoms with Gasteiger partial charge in [0.2, 0.25) is 0 Å². The van der Waals surface area contributed by atoms with Crippen LogP contribution in [0.2, 0.25) is 0 Å². The highest BCUT2D eigenvalue weighted by molar-refractivity contribution is 5.34. The van der Waals surface area contributed by atoms with Crippen molar-refractivity contribution >= 4 is 5.65 Å². The minimum Gasteiger partial charge on any atom is -0.384 e. The molecule has 6 nitrogen and oxygen atoms in total. The van der Waals surface area contributed by atoms with Gasteiger partial charge in [-0.3, -0.25) is 9.38 Å². The fourth-order valence-corrected chi connectivity index (χ4v) is 1.10. The van der Waals surface area contributed by atoms with E-state index in [9.17, 15) is 5.11 Å². The molecule has 1 atom stereocenters. The van der Waals surface area contributed by atoms with Crippen LogP contribution in [-0.2, 0) is 0 Å². The second-order valence-corrected chi connectivity index (χ2v) is 2.61. The van der Waals surface area contributed by atoms with Crippen LogP contribution < -0.4 is 5.73 Å². The van der Waals surface area contributed by atoms with Crippen LogP contribution in [0.4, 0.5) is 0 Å². The first kappa shape index (κ1) is 8.09. The first-order valence-electron chi connectivity index (χ1n) is 3.85. The molecule has 0 radical (unpaired) electrons. The number of nitrogens with two attached hydrogens (primary N) is 1. The third kappa shape index (κ3) is 1.25. The van der Waals surface area contributed by atoms with Gasteiger partial charge in [-0.2, -0.15) is 0 Å². The molecule has 0 aliphatic rings. The second kappa shape index (κ2) is 3.08. The summed E-state index contributed by atoms with van der Waals surface area (Å²) in [6.45, 7) is 0.128. The quantitative estimate of drug-likeness (QED) is 0.624. The van der Waals surface area contributed by atoms with Gasteiger partial charge in [0.1, 0.15) is 6.10 Å². The highest BCUT2D eigenvalue weighted by atomic mass is 16.3. The van der Waals surface area contributed by atoms with Gasteiger partial charge in [-0.05, 0) is 0 Å². The van der Waals surface area contributed by atoms with Crippen molar-refractivity contribution in [3.63, 3.8) is 0 Å².